The van der Waals surface area contributed by atoms with Crippen molar-refractivity contribution in [1.29, 1.82) is 0 Å². The van der Waals surface area contributed by atoms with Crippen molar-refractivity contribution in [2.45, 2.75) is 12.8 Å². The number of carbonyl (C=O) groups excluding carboxylic acids is 2. The lowest BCUT2D eigenvalue weighted by Crippen LogP contribution is -2.34. The normalized spacial score (nSPS) is 18.1. The summed E-state index contributed by atoms with van der Waals surface area (Å²) < 4.78 is 0. The first-order valence-corrected chi connectivity index (χ1v) is 7.50. The second-order valence-electron chi connectivity index (χ2n) is 5.41. The Morgan fingerprint density at radius 2 is 1.86 bits per heavy atom. The number of aliphatic hydroxyl groups excluding tert-OH is 1. The van der Waals surface area contributed by atoms with Gasteiger partial charge in [-0.15, -0.1) is 0 Å². The van der Waals surface area contributed by atoms with Crippen molar-refractivity contribution in [3.63, 3.8) is 0 Å². The molecule has 1 aromatic rings. The largest absolute Gasteiger partial charge is 0.395 e. The average Bonchev–Trinajstić information content (AvgIpc) is 3.13. The van der Waals surface area contributed by atoms with E-state index in [1.807, 2.05) is 24.3 Å². The second kappa shape index (κ2) is 6.19. The van der Waals surface area contributed by atoms with Gasteiger partial charge < -0.3 is 15.3 Å². The highest BCUT2D eigenvalue weighted by Gasteiger charge is 2.31. The van der Waals surface area contributed by atoms with Crippen molar-refractivity contribution in [1.82, 2.24) is 4.90 Å². The molecule has 3 rings (SSSR count). The maximum Gasteiger partial charge on any atom is 0.277 e. The van der Waals surface area contributed by atoms with Crippen molar-refractivity contribution in [2.75, 3.05) is 36.5 Å². The van der Waals surface area contributed by atoms with Crippen LogP contribution < -0.4 is 10.2 Å². The van der Waals surface area contributed by atoms with Gasteiger partial charge in [0.15, 0.2) is 0 Å². The molecule has 0 bridgehead atoms. The fourth-order valence-electron chi connectivity index (χ4n) is 2.87. The molecule has 0 saturated carbocycles. The van der Waals surface area contributed by atoms with E-state index >= 15 is 0 Å². The van der Waals surface area contributed by atoms with E-state index in [9.17, 15) is 9.59 Å². The van der Waals surface area contributed by atoms with Crippen LogP contribution in [-0.2, 0) is 9.59 Å². The summed E-state index contributed by atoms with van der Waals surface area (Å²) in [5, 5.41) is 12.0. The van der Waals surface area contributed by atoms with E-state index in [1.54, 1.807) is 0 Å². The smallest absolute Gasteiger partial charge is 0.277 e. The summed E-state index contributed by atoms with van der Waals surface area (Å²) in [7, 11) is 0. The zero-order chi connectivity index (χ0) is 15.5. The van der Waals surface area contributed by atoms with Gasteiger partial charge in [0, 0.05) is 19.2 Å². The number of benzene rings is 1. The Bertz CT molecular complexity index is 621. The zero-order valence-corrected chi connectivity index (χ0v) is 12.3. The SMILES string of the molecule is O=C1C=C(Nc2ccccc2N2CCCC2)C(=O)N1CCO. The number of aliphatic hydroxyl groups is 1. The first kappa shape index (κ1) is 14.6. The van der Waals surface area contributed by atoms with Crippen molar-refractivity contribution in [3.8, 4) is 0 Å². The van der Waals surface area contributed by atoms with E-state index in [1.165, 1.54) is 18.9 Å². The second-order valence-corrected chi connectivity index (χ2v) is 5.41. The molecule has 0 atom stereocenters. The molecule has 22 heavy (non-hydrogen) atoms. The van der Waals surface area contributed by atoms with Crippen LogP contribution in [0.3, 0.4) is 0 Å². The minimum Gasteiger partial charge on any atom is -0.395 e. The summed E-state index contributed by atoms with van der Waals surface area (Å²) >= 11 is 0. The summed E-state index contributed by atoms with van der Waals surface area (Å²) in [5.41, 5.74) is 2.12. The van der Waals surface area contributed by atoms with Gasteiger partial charge in [0.05, 0.1) is 24.5 Å². The topological polar surface area (TPSA) is 72.9 Å². The Morgan fingerprint density at radius 3 is 2.59 bits per heavy atom. The number of imide groups is 1. The first-order valence-electron chi connectivity index (χ1n) is 7.50. The molecule has 0 unspecified atom stereocenters. The molecular weight excluding hydrogens is 282 g/mol. The molecule has 2 aliphatic rings. The highest BCUT2D eigenvalue weighted by molar-refractivity contribution is 6.17. The number of amides is 2. The molecule has 6 heteroatoms. The number of hydrogen-bond donors (Lipinski definition) is 2. The molecule has 1 saturated heterocycles. The zero-order valence-electron chi connectivity index (χ0n) is 12.3. The van der Waals surface area contributed by atoms with Crippen LogP contribution in [0.4, 0.5) is 11.4 Å². The maximum absolute atomic E-state index is 12.2. The molecule has 1 fully saturated rings. The molecule has 2 amide bonds. The van der Waals surface area contributed by atoms with E-state index in [2.05, 4.69) is 10.2 Å². The van der Waals surface area contributed by atoms with Crippen LogP contribution in [0.25, 0.3) is 0 Å². The number of nitrogens with zero attached hydrogens (tertiary/aromatic N) is 2. The summed E-state index contributed by atoms with van der Waals surface area (Å²) in [6.45, 7) is 1.79. The number of hydrogen-bond acceptors (Lipinski definition) is 5. The third kappa shape index (κ3) is 2.69. The summed E-state index contributed by atoms with van der Waals surface area (Å²) in [5.74, 6) is -0.782. The number of anilines is 2. The van der Waals surface area contributed by atoms with Crippen molar-refractivity contribution >= 4 is 23.2 Å². The first-order chi connectivity index (χ1) is 10.7. The van der Waals surface area contributed by atoms with Crippen LogP contribution >= 0.6 is 0 Å². The van der Waals surface area contributed by atoms with E-state index < -0.39 is 5.91 Å². The van der Waals surface area contributed by atoms with Gasteiger partial charge >= 0.3 is 0 Å². The van der Waals surface area contributed by atoms with Crippen molar-refractivity contribution < 1.29 is 14.7 Å². The standard InChI is InChI=1S/C16H19N3O3/c20-10-9-19-15(21)11-13(16(19)22)17-12-5-1-2-6-14(12)18-7-3-4-8-18/h1-2,5-6,11,17,20H,3-4,7-10H2. The highest BCUT2D eigenvalue weighted by Crippen LogP contribution is 2.30. The monoisotopic (exact) mass is 301 g/mol. The van der Waals surface area contributed by atoms with Crippen molar-refractivity contribution in [3.05, 3.63) is 36.0 Å². The molecule has 0 aromatic heterocycles. The lowest BCUT2D eigenvalue weighted by atomic mass is 10.2. The highest BCUT2D eigenvalue weighted by atomic mass is 16.3. The summed E-state index contributed by atoms with van der Waals surface area (Å²) in [6.07, 6.45) is 3.62. The van der Waals surface area contributed by atoms with Gasteiger partial charge in [0.2, 0.25) is 0 Å². The van der Waals surface area contributed by atoms with Gasteiger partial charge in [-0.25, -0.2) is 0 Å². The molecule has 2 heterocycles. The molecule has 6 nitrogen and oxygen atoms in total. The third-order valence-corrected chi connectivity index (χ3v) is 3.95. The Morgan fingerprint density at radius 1 is 1.14 bits per heavy atom. The molecule has 0 radical (unpaired) electrons. The van der Waals surface area contributed by atoms with E-state index in [-0.39, 0.29) is 24.8 Å². The van der Waals surface area contributed by atoms with E-state index in [0.717, 1.165) is 29.4 Å². The Hall–Kier alpha value is -2.34. The predicted octanol–water partition coefficient (Wildman–Crippen LogP) is 0.944. The number of nitrogens with one attached hydrogen (secondary N) is 1. The lowest BCUT2D eigenvalue weighted by Gasteiger charge is -2.22. The van der Waals surface area contributed by atoms with Crippen LogP contribution in [0, 0.1) is 0 Å². The van der Waals surface area contributed by atoms with Gasteiger partial charge in [-0.3, -0.25) is 14.5 Å². The Kier molecular flexibility index (Phi) is 4.11. The number of rotatable bonds is 5. The van der Waals surface area contributed by atoms with Crippen LogP contribution in [0.15, 0.2) is 36.0 Å². The fraction of sp³-hybridized carbons (Fsp3) is 0.375. The van der Waals surface area contributed by atoms with Crippen LogP contribution in [0.5, 0.6) is 0 Å². The van der Waals surface area contributed by atoms with Crippen LogP contribution in [0.2, 0.25) is 0 Å². The van der Waals surface area contributed by atoms with Gasteiger partial charge in [0.1, 0.15) is 5.70 Å². The lowest BCUT2D eigenvalue weighted by molar-refractivity contribution is -0.137. The van der Waals surface area contributed by atoms with Gasteiger partial charge in [-0.2, -0.15) is 0 Å². The molecule has 1 aromatic carbocycles. The minimum absolute atomic E-state index is 0.0210. The number of carbonyl (C=O) groups is 2. The maximum atomic E-state index is 12.2. The Labute approximate surface area is 129 Å². The molecular formula is C16H19N3O3. The molecule has 2 aliphatic heterocycles. The number of β-amino-alcohol motifs (C(OH)–C–C–N with tert-alkyl or cyclic N) is 1. The van der Waals surface area contributed by atoms with Crippen LogP contribution in [-0.4, -0.2) is 48.1 Å². The quantitative estimate of drug-likeness (QED) is 0.792. The van der Waals surface area contributed by atoms with Gasteiger partial charge in [-0.05, 0) is 25.0 Å². The fourth-order valence-corrected chi connectivity index (χ4v) is 2.87. The van der Waals surface area contributed by atoms with Gasteiger partial charge in [0.25, 0.3) is 11.8 Å². The van der Waals surface area contributed by atoms with Crippen LogP contribution in [0.1, 0.15) is 12.8 Å². The van der Waals surface area contributed by atoms with Crippen molar-refractivity contribution in [2.24, 2.45) is 0 Å². The van der Waals surface area contributed by atoms with E-state index in [0.29, 0.717) is 0 Å². The Balaban J connectivity index is 1.81. The van der Waals surface area contributed by atoms with Gasteiger partial charge in [-0.1, -0.05) is 12.1 Å². The summed E-state index contributed by atoms with van der Waals surface area (Å²) in [4.78, 5) is 27.3. The third-order valence-electron chi connectivity index (χ3n) is 3.95. The minimum atomic E-state index is -0.393. The average molecular weight is 301 g/mol. The van der Waals surface area contributed by atoms with E-state index in [4.69, 9.17) is 5.11 Å². The predicted molar refractivity (Wildman–Crippen MR) is 83.4 cm³/mol. The molecule has 0 spiro atoms. The summed E-state index contributed by atoms with van der Waals surface area (Å²) in [6, 6.07) is 7.78. The molecule has 2 N–H and O–H groups in total. The molecule has 116 valence electrons. The molecule has 0 aliphatic carbocycles. The number of para-hydroxylation sites is 2.